The Bertz CT molecular complexity index is 1270. The number of aryl methyl sites for hydroxylation is 1. The summed E-state index contributed by atoms with van der Waals surface area (Å²) in [4.78, 5) is 31.8. The first-order valence-electron chi connectivity index (χ1n) is 10.1. The number of ketones is 1. The number of rotatable bonds is 5. The SMILES string of the molecule is COc1ccc(C(O)=C2C(=O)C(=O)N(Cc3cccnc3)C2c2ccc(Cl)c(Cl)c2)c(C)c1. The number of nitrogens with zero attached hydrogens (tertiary/aromatic N) is 2. The van der Waals surface area contributed by atoms with Gasteiger partial charge in [-0.15, -0.1) is 0 Å². The predicted molar refractivity (Wildman–Crippen MR) is 126 cm³/mol. The lowest BCUT2D eigenvalue weighted by molar-refractivity contribution is -0.140. The van der Waals surface area contributed by atoms with Crippen molar-refractivity contribution in [3.63, 3.8) is 0 Å². The van der Waals surface area contributed by atoms with Crippen molar-refractivity contribution in [2.45, 2.75) is 19.5 Å². The zero-order valence-corrected chi connectivity index (χ0v) is 19.4. The molecule has 1 aromatic heterocycles. The highest BCUT2D eigenvalue weighted by Gasteiger charge is 2.46. The van der Waals surface area contributed by atoms with E-state index in [0.717, 1.165) is 5.56 Å². The maximum absolute atomic E-state index is 13.2. The van der Waals surface area contributed by atoms with E-state index in [1.54, 1.807) is 68.9 Å². The number of likely N-dealkylation sites (tertiary alicyclic amines) is 1. The lowest BCUT2D eigenvalue weighted by atomic mass is 9.93. The average Bonchev–Trinajstić information content (AvgIpc) is 3.06. The molecule has 6 nitrogen and oxygen atoms in total. The van der Waals surface area contributed by atoms with Crippen molar-refractivity contribution in [1.82, 2.24) is 9.88 Å². The third kappa shape index (κ3) is 4.32. The Morgan fingerprint density at radius 1 is 1.12 bits per heavy atom. The zero-order valence-electron chi connectivity index (χ0n) is 17.9. The number of ether oxygens (including phenoxy) is 1. The molecule has 1 atom stereocenters. The van der Waals surface area contributed by atoms with Crippen LogP contribution in [0.3, 0.4) is 0 Å². The van der Waals surface area contributed by atoms with Crippen LogP contribution in [0.25, 0.3) is 5.76 Å². The van der Waals surface area contributed by atoms with E-state index in [0.29, 0.717) is 27.5 Å². The van der Waals surface area contributed by atoms with Crippen molar-refractivity contribution in [2.24, 2.45) is 0 Å². The summed E-state index contributed by atoms with van der Waals surface area (Å²) >= 11 is 12.3. The number of aromatic nitrogens is 1. The summed E-state index contributed by atoms with van der Waals surface area (Å²) in [6.07, 6.45) is 3.25. The van der Waals surface area contributed by atoms with Crippen LogP contribution in [0.2, 0.25) is 10.0 Å². The second-order valence-corrected chi connectivity index (χ2v) is 8.46. The summed E-state index contributed by atoms with van der Waals surface area (Å²) in [7, 11) is 1.54. The van der Waals surface area contributed by atoms with Gasteiger partial charge >= 0.3 is 0 Å². The number of amides is 1. The van der Waals surface area contributed by atoms with E-state index in [2.05, 4.69) is 4.98 Å². The van der Waals surface area contributed by atoms with Crippen LogP contribution in [-0.4, -0.2) is 33.8 Å². The Morgan fingerprint density at radius 3 is 2.55 bits per heavy atom. The van der Waals surface area contributed by atoms with Gasteiger partial charge in [-0.1, -0.05) is 35.3 Å². The maximum atomic E-state index is 13.2. The van der Waals surface area contributed by atoms with E-state index in [4.69, 9.17) is 27.9 Å². The second-order valence-electron chi connectivity index (χ2n) is 7.64. The number of carbonyl (C=O) groups excluding carboxylic acids is 2. The van der Waals surface area contributed by atoms with Gasteiger partial charge in [0, 0.05) is 24.5 Å². The Balaban J connectivity index is 1.90. The first-order valence-corrected chi connectivity index (χ1v) is 10.8. The highest BCUT2D eigenvalue weighted by molar-refractivity contribution is 6.46. The van der Waals surface area contributed by atoms with E-state index >= 15 is 0 Å². The van der Waals surface area contributed by atoms with Gasteiger partial charge in [-0.25, -0.2) is 0 Å². The third-order valence-electron chi connectivity index (χ3n) is 5.56. The molecule has 1 N–H and O–H groups in total. The molecule has 8 heteroatoms. The fraction of sp³-hybridized carbons (Fsp3) is 0.160. The molecular weight excluding hydrogens is 463 g/mol. The quantitative estimate of drug-likeness (QED) is 0.302. The van der Waals surface area contributed by atoms with E-state index in [-0.39, 0.29) is 22.9 Å². The molecule has 168 valence electrons. The lowest BCUT2D eigenvalue weighted by Gasteiger charge is -2.25. The van der Waals surface area contributed by atoms with E-state index in [1.165, 1.54) is 4.90 Å². The van der Waals surface area contributed by atoms with Gasteiger partial charge in [0.05, 0.1) is 28.8 Å². The van der Waals surface area contributed by atoms with Crippen LogP contribution in [0.15, 0.2) is 66.5 Å². The van der Waals surface area contributed by atoms with E-state index in [1.807, 2.05) is 6.07 Å². The zero-order chi connectivity index (χ0) is 23.7. The summed E-state index contributed by atoms with van der Waals surface area (Å²) in [6, 6.07) is 12.7. The van der Waals surface area contributed by atoms with Gasteiger partial charge in [0.15, 0.2) is 0 Å². The normalized spacial score (nSPS) is 17.5. The summed E-state index contributed by atoms with van der Waals surface area (Å²) in [5.74, 6) is -1.15. The molecule has 1 saturated heterocycles. The number of halogens is 2. The van der Waals surface area contributed by atoms with Crippen molar-refractivity contribution < 1.29 is 19.4 Å². The molecule has 33 heavy (non-hydrogen) atoms. The highest BCUT2D eigenvalue weighted by Crippen LogP contribution is 2.42. The Kier molecular flexibility index (Phi) is 6.40. The van der Waals surface area contributed by atoms with Crippen molar-refractivity contribution in [2.75, 3.05) is 7.11 Å². The molecule has 0 bridgehead atoms. The minimum absolute atomic E-state index is 0.0180. The summed E-state index contributed by atoms with van der Waals surface area (Å²) < 4.78 is 5.23. The first-order chi connectivity index (χ1) is 15.8. The molecule has 2 aromatic carbocycles. The average molecular weight is 483 g/mol. The summed E-state index contributed by atoms with van der Waals surface area (Å²) in [5.41, 5.74) is 2.40. The molecule has 1 aliphatic rings. The fourth-order valence-corrected chi connectivity index (χ4v) is 4.24. The van der Waals surface area contributed by atoms with Crippen LogP contribution >= 0.6 is 23.2 Å². The van der Waals surface area contributed by atoms with Crippen LogP contribution in [0.1, 0.15) is 28.3 Å². The number of pyridine rings is 1. The van der Waals surface area contributed by atoms with Gasteiger partial charge in [0.1, 0.15) is 11.5 Å². The monoisotopic (exact) mass is 482 g/mol. The van der Waals surface area contributed by atoms with Crippen LogP contribution in [0.5, 0.6) is 5.75 Å². The number of carbonyl (C=O) groups is 2. The topological polar surface area (TPSA) is 79.7 Å². The largest absolute Gasteiger partial charge is 0.507 e. The molecule has 0 aliphatic carbocycles. The Morgan fingerprint density at radius 2 is 1.91 bits per heavy atom. The minimum atomic E-state index is -0.860. The molecule has 1 amide bonds. The second kappa shape index (κ2) is 9.25. The van der Waals surface area contributed by atoms with Crippen molar-refractivity contribution in [3.05, 3.63) is 98.8 Å². The van der Waals surface area contributed by atoms with Crippen LogP contribution in [-0.2, 0) is 16.1 Å². The van der Waals surface area contributed by atoms with Gasteiger partial charge in [0.2, 0.25) is 0 Å². The number of Topliss-reactive ketones (excluding diaryl/α,β-unsaturated/α-hetero) is 1. The number of hydrogen-bond donors (Lipinski definition) is 1. The molecule has 1 aliphatic heterocycles. The smallest absolute Gasteiger partial charge is 0.295 e. The molecule has 2 heterocycles. The van der Waals surface area contributed by atoms with Crippen molar-refractivity contribution in [1.29, 1.82) is 0 Å². The van der Waals surface area contributed by atoms with Gasteiger partial charge in [0.25, 0.3) is 11.7 Å². The number of aliphatic hydroxyl groups excluding tert-OH is 1. The third-order valence-corrected chi connectivity index (χ3v) is 6.30. The van der Waals surface area contributed by atoms with Gasteiger partial charge < -0.3 is 14.7 Å². The number of aliphatic hydroxyl groups is 1. The van der Waals surface area contributed by atoms with E-state index < -0.39 is 17.7 Å². The lowest BCUT2D eigenvalue weighted by Crippen LogP contribution is -2.29. The molecule has 0 saturated carbocycles. The van der Waals surface area contributed by atoms with Crippen LogP contribution < -0.4 is 4.74 Å². The molecule has 1 unspecified atom stereocenters. The minimum Gasteiger partial charge on any atom is -0.507 e. The maximum Gasteiger partial charge on any atom is 0.295 e. The standard InChI is InChI=1S/C25H20Cl2N2O4/c1-14-10-17(33-2)6-7-18(14)23(30)21-22(16-5-8-19(26)20(27)11-16)29(25(32)24(21)31)13-15-4-3-9-28-12-15/h3-12,22,30H,13H2,1-2H3. The van der Waals surface area contributed by atoms with Crippen LogP contribution in [0, 0.1) is 6.92 Å². The molecule has 3 aromatic rings. The molecule has 1 fully saturated rings. The predicted octanol–water partition coefficient (Wildman–Crippen LogP) is 5.33. The number of methoxy groups -OCH3 is 1. The molecule has 0 spiro atoms. The van der Waals surface area contributed by atoms with Gasteiger partial charge in [-0.05, 0) is 60.0 Å². The van der Waals surface area contributed by atoms with E-state index in [9.17, 15) is 14.7 Å². The Hall–Kier alpha value is -3.35. The molecular formula is C25H20Cl2N2O4. The Labute approximate surface area is 201 Å². The summed E-state index contributed by atoms with van der Waals surface area (Å²) in [5, 5.41) is 11.9. The fourth-order valence-electron chi connectivity index (χ4n) is 3.93. The van der Waals surface area contributed by atoms with Crippen molar-refractivity contribution >= 4 is 40.7 Å². The summed E-state index contributed by atoms with van der Waals surface area (Å²) in [6.45, 7) is 1.92. The first kappa shape index (κ1) is 22.8. The van der Waals surface area contributed by atoms with Crippen molar-refractivity contribution in [3.8, 4) is 5.75 Å². The molecule has 0 radical (unpaired) electrons. The van der Waals surface area contributed by atoms with Gasteiger partial charge in [-0.3, -0.25) is 14.6 Å². The van der Waals surface area contributed by atoms with Crippen LogP contribution in [0.4, 0.5) is 0 Å². The number of benzene rings is 2. The van der Waals surface area contributed by atoms with Gasteiger partial charge in [-0.2, -0.15) is 0 Å². The molecule has 4 rings (SSSR count). The number of hydrogen-bond acceptors (Lipinski definition) is 5. The highest BCUT2D eigenvalue weighted by atomic mass is 35.5.